The molecular weight excluding hydrogens is 311 g/mol. The number of hydrogen-bond acceptors (Lipinski definition) is 4. The molecule has 1 aliphatic rings. The summed E-state index contributed by atoms with van der Waals surface area (Å²) in [4.78, 5) is 19.7. The summed E-state index contributed by atoms with van der Waals surface area (Å²) in [5.74, 6) is -0.0723. The van der Waals surface area contributed by atoms with Crippen molar-refractivity contribution in [1.29, 1.82) is 0 Å². The Morgan fingerprint density at radius 1 is 1.17 bits per heavy atom. The monoisotopic (exact) mass is 322 g/mol. The predicted molar refractivity (Wildman–Crippen MR) is 72.0 cm³/mol. The molecule has 3 rings (SSSR count). The topological polar surface area (TPSA) is 69.2 Å². The molecule has 1 aromatic heterocycles. The maximum Gasteiger partial charge on any atom is 0.433 e. The third kappa shape index (κ3) is 2.96. The molecule has 1 aliphatic heterocycles. The zero-order valence-corrected chi connectivity index (χ0v) is 11.8. The number of alkyl halides is 3. The SMILES string of the molecule is O=C([O-])N1CCc2c(nc(-c3ccccc3)nc2C(F)(F)F)C1. The van der Waals surface area contributed by atoms with Crippen molar-refractivity contribution in [2.45, 2.75) is 19.1 Å². The second kappa shape index (κ2) is 5.53. The number of aromatic nitrogens is 2. The molecule has 0 saturated carbocycles. The normalized spacial score (nSPS) is 14.5. The molecule has 1 amide bonds. The average molecular weight is 322 g/mol. The molecule has 5 nitrogen and oxygen atoms in total. The van der Waals surface area contributed by atoms with Gasteiger partial charge in [-0.05, 0) is 6.42 Å². The summed E-state index contributed by atoms with van der Waals surface area (Å²) >= 11 is 0. The minimum Gasteiger partial charge on any atom is -0.530 e. The zero-order chi connectivity index (χ0) is 16.6. The van der Waals surface area contributed by atoms with Crippen LogP contribution in [0.25, 0.3) is 11.4 Å². The molecule has 0 fully saturated rings. The number of nitrogens with zero attached hydrogens (tertiary/aromatic N) is 3. The number of carbonyl (C=O) groups is 1. The third-order valence-corrected chi connectivity index (χ3v) is 3.62. The largest absolute Gasteiger partial charge is 0.530 e. The summed E-state index contributed by atoms with van der Waals surface area (Å²) in [6.07, 6.45) is -6.14. The minimum absolute atomic E-state index is 0.0466. The summed E-state index contributed by atoms with van der Waals surface area (Å²) in [6.45, 7) is -0.296. The van der Waals surface area contributed by atoms with E-state index >= 15 is 0 Å². The van der Waals surface area contributed by atoms with Crippen LogP contribution in [-0.2, 0) is 19.1 Å². The highest BCUT2D eigenvalue weighted by atomic mass is 19.4. The van der Waals surface area contributed by atoms with Crippen molar-refractivity contribution in [1.82, 2.24) is 14.9 Å². The highest BCUT2D eigenvalue weighted by Gasteiger charge is 2.38. The van der Waals surface area contributed by atoms with E-state index in [0.717, 1.165) is 4.90 Å². The smallest absolute Gasteiger partial charge is 0.433 e. The Labute approximate surface area is 129 Å². The van der Waals surface area contributed by atoms with Crippen LogP contribution in [0.2, 0.25) is 0 Å². The molecule has 0 aliphatic carbocycles. The Balaban J connectivity index is 2.14. The first-order valence-electron chi connectivity index (χ1n) is 6.84. The van der Waals surface area contributed by atoms with Gasteiger partial charge in [-0.25, -0.2) is 9.97 Å². The molecule has 2 aromatic rings. The van der Waals surface area contributed by atoms with Gasteiger partial charge < -0.3 is 14.8 Å². The fourth-order valence-corrected chi connectivity index (χ4v) is 2.54. The number of carbonyl (C=O) groups excluding carboxylic acids is 1. The quantitative estimate of drug-likeness (QED) is 0.804. The van der Waals surface area contributed by atoms with Crippen LogP contribution in [-0.4, -0.2) is 27.5 Å². The third-order valence-electron chi connectivity index (χ3n) is 3.62. The van der Waals surface area contributed by atoms with E-state index in [1.54, 1.807) is 30.3 Å². The highest BCUT2D eigenvalue weighted by molar-refractivity contribution is 5.63. The van der Waals surface area contributed by atoms with Gasteiger partial charge in [-0.15, -0.1) is 0 Å². The maximum atomic E-state index is 13.3. The molecule has 0 spiro atoms. The molecule has 8 heteroatoms. The van der Waals surface area contributed by atoms with E-state index in [-0.39, 0.29) is 36.6 Å². The summed E-state index contributed by atoms with van der Waals surface area (Å²) in [7, 11) is 0. The van der Waals surface area contributed by atoms with Crippen molar-refractivity contribution in [3.05, 3.63) is 47.3 Å². The van der Waals surface area contributed by atoms with Crippen molar-refractivity contribution in [2.75, 3.05) is 6.54 Å². The van der Waals surface area contributed by atoms with Gasteiger partial charge in [0.1, 0.15) is 6.09 Å². The molecular formula is C15H11F3N3O2-. The van der Waals surface area contributed by atoms with E-state index in [2.05, 4.69) is 9.97 Å². The van der Waals surface area contributed by atoms with E-state index in [1.165, 1.54) is 0 Å². The number of fused-ring (bicyclic) bond motifs is 1. The van der Waals surface area contributed by atoms with Crippen LogP contribution >= 0.6 is 0 Å². The van der Waals surface area contributed by atoms with Crippen LogP contribution in [0.5, 0.6) is 0 Å². The molecule has 0 bridgehead atoms. The Hall–Kier alpha value is -2.64. The van der Waals surface area contributed by atoms with E-state index in [1.807, 2.05) is 0 Å². The number of halogens is 3. The summed E-state index contributed by atoms with van der Waals surface area (Å²) < 4.78 is 39.9. The van der Waals surface area contributed by atoms with E-state index in [4.69, 9.17) is 0 Å². The van der Waals surface area contributed by atoms with Gasteiger partial charge in [0.25, 0.3) is 0 Å². The van der Waals surface area contributed by atoms with Crippen LogP contribution in [0.4, 0.5) is 18.0 Å². The van der Waals surface area contributed by atoms with Gasteiger partial charge >= 0.3 is 6.18 Å². The van der Waals surface area contributed by atoms with Gasteiger partial charge in [-0.3, -0.25) is 0 Å². The molecule has 0 unspecified atom stereocenters. The Morgan fingerprint density at radius 2 is 1.87 bits per heavy atom. The number of hydrogen-bond donors (Lipinski definition) is 0. The fourth-order valence-electron chi connectivity index (χ4n) is 2.54. The molecule has 0 atom stereocenters. The molecule has 23 heavy (non-hydrogen) atoms. The molecule has 0 N–H and O–H groups in total. The second-order valence-corrected chi connectivity index (χ2v) is 5.12. The van der Waals surface area contributed by atoms with Crippen molar-refractivity contribution < 1.29 is 23.1 Å². The molecule has 0 saturated heterocycles. The molecule has 2 heterocycles. The lowest BCUT2D eigenvalue weighted by atomic mass is 10.0. The summed E-state index contributed by atoms with van der Waals surface area (Å²) in [6, 6.07) is 8.25. The van der Waals surface area contributed by atoms with Crippen LogP contribution < -0.4 is 5.11 Å². The van der Waals surface area contributed by atoms with Gasteiger partial charge in [0, 0.05) is 17.7 Å². The maximum absolute atomic E-state index is 13.3. The van der Waals surface area contributed by atoms with Crippen molar-refractivity contribution in [3.8, 4) is 11.4 Å². The van der Waals surface area contributed by atoms with Crippen LogP contribution in [0.3, 0.4) is 0 Å². The van der Waals surface area contributed by atoms with Crippen LogP contribution in [0.15, 0.2) is 30.3 Å². The van der Waals surface area contributed by atoms with Crippen LogP contribution in [0, 0.1) is 0 Å². The van der Waals surface area contributed by atoms with Gasteiger partial charge in [0.05, 0.1) is 12.2 Å². The molecule has 0 radical (unpaired) electrons. The van der Waals surface area contributed by atoms with Crippen LogP contribution in [0.1, 0.15) is 17.0 Å². The van der Waals surface area contributed by atoms with E-state index in [9.17, 15) is 23.1 Å². The van der Waals surface area contributed by atoms with Gasteiger partial charge in [-0.1, -0.05) is 30.3 Å². The van der Waals surface area contributed by atoms with Gasteiger partial charge in [-0.2, -0.15) is 13.2 Å². The van der Waals surface area contributed by atoms with E-state index in [0.29, 0.717) is 5.56 Å². The Kier molecular flexibility index (Phi) is 3.67. The van der Waals surface area contributed by atoms with Crippen molar-refractivity contribution in [2.24, 2.45) is 0 Å². The standard InChI is InChI=1S/C15H12F3N3O2/c16-15(17,18)12-10-6-7-21(14(22)23)8-11(10)19-13(20-12)9-4-2-1-3-5-9/h1-5H,6-8H2,(H,22,23)/p-1. The second-order valence-electron chi connectivity index (χ2n) is 5.12. The minimum atomic E-state index is -4.62. The Morgan fingerprint density at radius 3 is 2.48 bits per heavy atom. The van der Waals surface area contributed by atoms with Crippen molar-refractivity contribution in [3.63, 3.8) is 0 Å². The predicted octanol–water partition coefficient (Wildman–Crippen LogP) is 1.86. The first-order chi connectivity index (χ1) is 10.9. The Bertz CT molecular complexity index is 748. The highest BCUT2D eigenvalue weighted by Crippen LogP contribution is 2.35. The zero-order valence-electron chi connectivity index (χ0n) is 11.8. The molecule has 1 aromatic carbocycles. The van der Waals surface area contributed by atoms with E-state index < -0.39 is 18.0 Å². The number of carboxylic acid groups (broad SMARTS) is 1. The average Bonchev–Trinajstić information content (AvgIpc) is 2.53. The van der Waals surface area contributed by atoms with Gasteiger partial charge in [0.2, 0.25) is 0 Å². The lowest BCUT2D eigenvalue weighted by Crippen LogP contribution is -2.44. The van der Waals surface area contributed by atoms with Gasteiger partial charge in [0.15, 0.2) is 11.5 Å². The van der Waals surface area contributed by atoms with Crippen molar-refractivity contribution >= 4 is 6.09 Å². The fraction of sp³-hybridized carbons (Fsp3) is 0.267. The lowest BCUT2D eigenvalue weighted by molar-refractivity contribution is -0.266. The first kappa shape index (κ1) is 15.3. The summed E-state index contributed by atoms with van der Waals surface area (Å²) in [5.41, 5.74) is -0.540. The first-order valence-corrected chi connectivity index (χ1v) is 6.84. The number of rotatable bonds is 1. The number of benzene rings is 1. The lowest BCUT2D eigenvalue weighted by Gasteiger charge is -2.31. The molecule has 120 valence electrons. The summed E-state index contributed by atoms with van der Waals surface area (Å²) in [5, 5.41) is 11.0. The number of amides is 1.